The summed E-state index contributed by atoms with van der Waals surface area (Å²) in [6, 6.07) is 19.7. The Labute approximate surface area is 123 Å². The van der Waals surface area contributed by atoms with Gasteiger partial charge in [0.15, 0.2) is 6.29 Å². The molecule has 3 heteroatoms. The van der Waals surface area contributed by atoms with Crippen LogP contribution in [0, 0.1) is 0 Å². The fourth-order valence-electron chi connectivity index (χ4n) is 2.07. The molecule has 0 aliphatic carbocycles. The maximum Gasteiger partial charge on any atom is 0.153 e. The van der Waals surface area contributed by atoms with Crippen molar-refractivity contribution < 1.29 is 4.79 Å². The Hall–Kier alpha value is -2.94. The van der Waals surface area contributed by atoms with Gasteiger partial charge >= 0.3 is 0 Å². The van der Waals surface area contributed by atoms with E-state index in [4.69, 9.17) is 0 Å². The summed E-state index contributed by atoms with van der Waals surface area (Å²) in [7, 11) is 0. The van der Waals surface area contributed by atoms with E-state index in [1.165, 1.54) is 0 Å². The monoisotopic (exact) mass is 274 g/mol. The normalized spacial score (nSPS) is 10.9. The molecule has 0 bridgehead atoms. The Morgan fingerprint density at radius 1 is 0.857 bits per heavy atom. The summed E-state index contributed by atoms with van der Waals surface area (Å²) in [5.74, 6) is 0. The van der Waals surface area contributed by atoms with Crippen LogP contribution in [0.5, 0.6) is 0 Å². The highest BCUT2D eigenvalue weighted by molar-refractivity contribution is 5.83. The van der Waals surface area contributed by atoms with E-state index in [0.717, 1.165) is 17.5 Å². The third kappa shape index (κ3) is 2.98. The molecule has 21 heavy (non-hydrogen) atoms. The minimum Gasteiger partial charge on any atom is -0.298 e. The molecule has 102 valence electrons. The highest BCUT2D eigenvalue weighted by Gasteiger charge is 2.06. The van der Waals surface area contributed by atoms with E-state index in [1.807, 2.05) is 72.8 Å². The second kappa shape index (κ2) is 6.01. The van der Waals surface area contributed by atoms with Crippen LogP contribution in [-0.4, -0.2) is 16.1 Å². The first-order valence-corrected chi connectivity index (χ1v) is 6.70. The number of rotatable bonds is 4. The molecule has 0 saturated heterocycles. The van der Waals surface area contributed by atoms with Gasteiger partial charge in [-0.25, -0.2) is 4.68 Å². The van der Waals surface area contributed by atoms with Crippen LogP contribution in [0.15, 0.2) is 66.9 Å². The summed E-state index contributed by atoms with van der Waals surface area (Å²) < 4.78 is 1.72. The zero-order chi connectivity index (χ0) is 14.5. The standard InChI is InChI=1S/C18H14N2O/c21-14-16-13-20(17-9-5-2-6-10-17)19-18(16)12-11-15-7-3-1-4-8-15/h1-14H. The van der Waals surface area contributed by atoms with E-state index in [0.29, 0.717) is 11.3 Å². The highest BCUT2D eigenvalue weighted by atomic mass is 16.1. The molecule has 0 N–H and O–H groups in total. The molecule has 3 aromatic rings. The number of benzene rings is 2. The Kier molecular flexibility index (Phi) is 3.74. The molecular weight excluding hydrogens is 260 g/mol. The molecule has 0 atom stereocenters. The van der Waals surface area contributed by atoms with Gasteiger partial charge in [0.05, 0.1) is 16.9 Å². The summed E-state index contributed by atoms with van der Waals surface area (Å²) in [5.41, 5.74) is 3.24. The van der Waals surface area contributed by atoms with E-state index in [-0.39, 0.29) is 0 Å². The molecule has 0 unspecified atom stereocenters. The fraction of sp³-hybridized carbons (Fsp3) is 0. The van der Waals surface area contributed by atoms with Crippen LogP contribution in [0.4, 0.5) is 0 Å². The van der Waals surface area contributed by atoms with Gasteiger partial charge in [0, 0.05) is 6.20 Å². The van der Waals surface area contributed by atoms with Gasteiger partial charge in [-0.1, -0.05) is 54.6 Å². The van der Waals surface area contributed by atoms with E-state index in [9.17, 15) is 4.79 Å². The molecule has 0 aliphatic rings. The van der Waals surface area contributed by atoms with Gasteiger partial charge in [-0.15, -0.1) is 0 Å². The lowest BCUT2D eigenvalue weighted by Crippen LogP contribution is -1.93. The average Bonchev–Trinajstić information content (AvgIpc) is 2.98. The number of aldehydes is 1. The van der Waals surface area contributed by atoms with Gasteiger partial charge in [-0.05, 0) is 23.8 Å². The molecule has 0 radical (unpaired) electrons. The van der Waals surface area contributed by atoms with Crippen LogP contribution >= 0.6 is 0 Å². The zero-order valence-corrected chi connectivity index (χ0v) is 11.4. The smallest absolute Gasteiger partial charge is 0.153 e. The van der Waals surface area contributed by atoms with E-state index in [2.05, 4.69) is 5.10 Å². The maximum atomic E-state index is 11.2. The molecule has 1 heterocycles. The topological polar surface area (TPSA) is 34.9 Å². The Balaban J connectivity index is 1.94. The van der Waals surface area contributed by atoms with Crippen molar-refractivity contribution in [3.63, 3.8) is 0 Å². The predicted molar refractivity (Wildman–Crippen MR) is 84.3 cm³/mol. The van der Waals surface area contributed by atoms with Crippen LogP contribution < -0.4 is 0 Å². The lowest BCUT2D eigenvalue weighted by atomic mass is 10.2. The van der Waals surface area contributed by atoms with Crippen LogP contribution in [0.2, 0.25) is 0 Å². The van der Waals surface area contributed by atoms with Gasteiger partial charge in [0.2, 0.25) is 0 Å². The molecule has 0 saturated carbocycles. The fourth-order valence-corrected chi connectivity index (χ4v) is 2.07. The lowest BCUT2D eigenvalue weighted by molar-refractivity contribution is 0.112. The molecular formula is C18H14N2O. The summed E-state index contributed by atoms with van der Waals surface area (Å²) in [6.07, 6.45) is 6.38. The van der Waals surface area contributed by atoms with Gasteiger partial charge in [-0.3, -0.25) is 4.79 Å². The first kappa shape index (κ1) is 13.1. The predicted octanol–water partition coefficient (Wildman–Crippen LogP) is 3.86. The van der Waals surface area contributed by atoms with E-state index in [1.54, 1.807) is 10.9 Å². The summed E-state index contributed by atoms with van der Waals surface area (Å²) in [4.78, 5) is 11.2. The summed E-state index contributed by atoms with van der Waals surface area (Å²) in [6.45, 7) is 0. The number of aromatic nitrogens is 2. The molecule has 2 aromatic carbocycles. The maximum absolute atomic E-state index is 11.2. The molecule has 0 fully saturated rings. The third-order valence-corrected chi connectivity index (χ3v) is 3.15. The Morgan fingerprint density at radius 3 is 2.19 bits per heavy atom. The van der Waals surface area contributed by atoms with Crippen LogP contribution in [0.3, 0.4) is 0 Å². The first-order valence-electron chi connectivity index (χ1n) is 6.70. The molecule has 3 nitrogen and oxygen atoms in total. The zero-order valence-electron chi connectivity index (χ0n) is 11.4. The molecule has 3 rings (SSSR count). The van der Waals surface area contributed by atoms with Gasteiger partial charge in [-0.2, -0.15) is 5.10 Å². The molecule has 0 amide bonds. The number of para-hydroxylation sites is 1. The van der Waals surface area contributed by atoms with Crippen molar-refractivity contribution in [1.29, 1.82) is 0 Å². The van der Waals surface area contributed by atoms with Crippen molar-refractivity contribution >= 4 is 18.4 Å². The van der Waals surface area contributed by atoms with E-state index < -0.39 is 0 Å². The molecule has 0 aliphatic heterocycles. The quantitative estimate of drug-likeness (QED) is 0.677. The second-order valence-electron chi connectivity index (χ2n) is 4.61. The average molecular weight is 274 g/mol. The van der Waals surface area contributed by atoms with Gasteiger partial charge in [0.1, 0.15) is 0 Å². The third-order valence-electron chi connectivity index (χ3n) is 3.15. The minimum atomic E-state index is 0.575. The van der Waals surface area contributed by atoms with E-state index >= 15 is 0 Å². The van der Waals surface area contributed by atoms with Crippen molar-refractivity contribution in [1.82, 2.24) is 9.78 Å². The van der Waals surface area contributed by atoms with Crippen LogP contribution in [0.25, 0.3) is 17.8 Å². The lowest BCUT2D eigenvalue weighted by Gasteiger charge is -1.98. The molecule has 1 aromatic heterocycles. The second-order valence-corrected chi connectivity index (χ2v) is 4.61. The number of nitrogens with zero attached hydrogens (tertiary/aromatic N) is 2. The molecule has 0 spiro atoms. The van der Waals surface area contributed by atoms with Crippen molar-refractivity contribution in [2.24, 2.45) is 0 Å². The first-order chi connectivity index (χ1) is 10.4. The van der Waals surface area contributed by atoms with Gasteiger partial charge < -0.3 is 0 Å². The highest BCUT2D eigenvalue weighted by Crippen LogP contribution is 2.14. The number of hydrogen-bond acceptors (Lipinski definition) is 2. The van der Waals surface area contributed by atoms with Crippen molar-refractivity contribution in [2.45, 2.75) is 0 Å². The Bertz CT molecular complexity index is 758. The summed E-state index contributed by atoms with van der Waals surface area (Å²) in [5, 5.41) is 4.46. The number of carbonyl (C=O) groups is 1. The minimum absolute atomic E-state index is 0.575. The number of carbonyl (C=O) groups excluding carboxylic acids is 1. The van der Waals surface area contributed by atoms with Crippen LogP contribution in [0.1, 0.15) is 21.6 Å². The van der Waals surface area contributed by atoms with Crippen molar-refractivity contribution in [2.75, 3.05) is 0 Å². The number of hydrogen-bond donors (Lipinski definition) is 0. The van der Waals surface area contributed by atoms with Crippen LogP contribution in [-0.2, 0) is 0 Å². The van der Waals surface area contributed by atoms with Crippen molar-refractivity contribution in [3.05, 3.63) is 83.7 Å². The summed E-state index contributed by atoms with van der Waals surface area (Å²) >= 11 is 0. The largest absolute Gasteiger partial charge is 0.298 e. The van der Waals surface area contributed by atoms with Crippen molar-refractivity contribution in [3.8, 4) is 5.69 Å². The SMILES string of the molecule is O=Cc1cn(-c2ccccc2)nc1C=Cc1ccccc1. The Morgan fingerprint density at radius 2 is 1.52 bits per heavy atom. The van der Waals surface area contributed by atoms with Gasteiger partial charge in [0.25, 0.3) is 0 Å².